The molecular weight excluding hydrogens is 340 g/mol. The second-order valence-electron chi connectivity index (χ2n) is 6.41. The smallest absolute Gasteiger partial charge is 0.227 e. The lowest BCUT2D eigenvalue weighted by Gasteiger charge is -2.36. The number of nitrogens with zero attached hydrogens (tertiary/aromatic N) is 5. The van der Waals surface area contributed by atoms with Crippen LogP contribution in [0, 0.1) is 0 Å². The SMILES string of the molecule is CCS(=O)(=O)N1CCC(c2ccnc(Nc3cnn(C)c3)n2)CC1C. The van der Waals surface area contributed by atoms with E-state index in [-0.39, 0.29) is 17.7 Å². The van der Waals surface area contributed by atoms with E-state index in [1.807, 2.05) is 26.2 Å². The lowest BCUT2D eigenvalue weighted by atomic mass is 9.90. The van der Waals surface area contributed by atoms with Crippen LogP contribution in [0.25, 0.3) is 0 Å². The van der Waals surface area contributed by atoms with Crippen LogP contribution < -0.4 is 5.32 Å². The fraction of sp³-hybridized carbons (Fsp3) is 0.562. The fourth-order valence-corrected chi connectivity index (χ4v) is 4.62. The Morgan fingerprint density at radius 3 is 2.84 bits per heavy atom. The normalized spacial score (nSPS) is 22.0. The summed E-state index contributed by atoms with van der Waals surface area (Å²) in [5.74, 6) is 0.909. The lowest BCUT2D eigenvalue weighted by molar-refractivity contribution is 0.244. The summed E-state index contributed by atoms with van der Waals surface area (Å²) in [7, 11) is -1.29. The van der Waals surface area contributed by atoms with Crippen LogP contribution in [0.2, 0.25) is 0 Å². The standard InChI is InChI=1S/C16H24N6O2S/c1-4-25(23,24)22-8-6-13(9-12(22)2)15-5-7-17-16(20-15)19-14-10-18-21(3)11-14/h5,7,10-13H,4,6,8-9H2,1-3H3,(H,17,19,20). The van der Waals surface area contributed by atoms with Crippen LogP contribution in [0.5, 0.6) is 0 Å². The van der Waals surface area contributed by atoms with Crippen molar-refractivity contribution in [3.8, 4) is 0 Å². The highest BCUT2D eigenvalue weighted by Crippen LogP contribution is 2.32. The molecule has 9 heteroatoms. The molecule has 0 aromatic carbocycles. The van der Waals surface area contributed by atoms with E-state index in [2.05, 4.69) is 20.4 Å². The average Bonchev–Trinajstić information content (AvgIpc) is 2.99. The summed E-state index contributed by atoms with van der Waals surface area (Å²) >= 11 is 0. The molecule has 2 aromatic heterocycles. The van der Waals surface area contributed by atoms with Gasteiger partial charge in [0.15, 0.2) is 0 Å². The van der Waals surface area contributed by atoms with Gasteiger partial charge in [0.05, 0.1) is 17.6 Å². The Balaban J connectivity index is 1.72. The van der Waals surface area contributed by atoms with Gasteiger partial charge in [-0.15, -0.1) is 0 Å². The number of nitrogens with one attached hydrogen (secondary N) is 1. The first kappa shape index (κ1) is 17.8. The highest BCUT2D eigenvalue weighted by atomic mass is 32.2. The van der Waals surface area contributed by atoms with Crippen LogP contribution in [-0.2, 0) is 17.1 Å². The third-order valence-corrected chi connectivity index (χ3v) is 6.58. The first-order valence-electron chi connectivity index (χ1n) is 8.47. The summed E-state index contributed by atoms with van der Waals surface area (Å²) in [5.41, 5.74) is 1.78. The van der Waals surface area contributed by atoms with Crippen LogP contribution in [0.3, 0.4) is 0 Å². The Hall–Kier alpha value is -2.00. The maximum Gasteiger partial charge on any atom is 0.227 e. The maximum atomic E-state index is 12.1. The van der Waals surface area contributed by atoms with E-state index in [4.69, 9.17) is 0 Å². The molecule has 3 heterocycles. The number of sulfonamides is 1. The first-order chi connectivity index (χ1) is 11.9. The second-order valence-corrected chi connectivity index (χ2v) is 8.62. The topological polar surface area (TPSA) is 93.0 Å². The van der Waals surface area contributed by atoms with E-state index in [1.54, 1.807) is 28.3 Å². The predicted molar refractivity (Wildman–Crippen MR) is 96.1 cm³/mol. The quantitative estimate of drug-likeness (QED) is 0.871. The van der Waals surface area contributed by atoms with E-state index in [1.165, 1.54) is 0 Å². The molecule has 0 radical (unpaired) electrons. The molecule has 8 nitrogen and oxygen atoms in total. The van der Waals surface area contributed by atoms with Crippen molar-refractivity contribution in [1.82, 2.24) is 24.1 Å². The molecule has 1 N–H and O–H groups in total. The van der Waals surface area contributed by atoms with Gasteiger partial charge in [0.1, 0.15) is 0 Å². The van der Waals surface area contributed by atoms with E-state index >= 15 is 0 Å². The molecule has 0 aliphatic carbocycles. The number of anilines is 2. The van der Waals surface area contributed by atoms with Crippen molar-refractivity contribution in [1.29, 1.82) is 0 Å². The molecule has 0 amide bonds. The molecule has 1 aliphatic heterocycles. The number of hydrogen-bond acceptors (Lipinski definition) is 6. The van der Waals surface area contributed by atoms with Crippen molar-refractivity contribution in [2.75, 3.05) is 17.6 Å². The molecule has 0 saturated carbocycles. The minimum absolute atomic E-state index is 0.0200. The van der Waals surface area contributed by atoms with Gasteiger partial charge < -0.3 is 5.32 Å². The van der Waals surface area contributed by atoms with Gasteiger partial charge in [-0.1, -0.05) is 0 Å². The van der Waals surface area contributed by atoms with Gasteiger partial charge >= 0.3 is 0 Å². The minimum Gasteiger partial charge on any atom is -0.321 e. The van der Waals surface area contributed by atoms with Crippen LogP contribution in [0.1, 0.15) is 38.3 Å². The van der Waals surface area contributed by atoms with Crippen molar-refractivity contribution in [2.24, 2.45) is 7.05 Å². The molecule has 0 spiro atoms. The van der Waals surface area contributed by atoms with Gasteiger partial charge in [0, 0.05) is 43.6 Å². The number of aryl methyl sites for hydroxylation is 1. The molecule has 2 atom stereocenters. The van der Waals surface area contributed by atoms with Gasteiger partial charge in [-0.2, -0.15) is 9.40 Å². The van der Waals surface area contributed by atoms with Crippen molar-refractivity contribution < 1.29 is 8.42 Å². The van der Waals surface area contributed by atoms with Crippen molar-refractivity contribution in [3.63, 3.8) is 0 Å². The van der Waals surface area contributed by atoms with Crippen molar-refractivity contribution >= 4 is 21.7 Å². The predicted octanol–water partition coefficient (Wildman–Crippen LogP) is 1.87. The Kier molecular flexibility index (Phi) is 5.05. The van der Waals surface area contributed by atoms with Crippen LogP contribution in [-0.4, -0.2) is 50.8 Å². The zero-order chi connectivity index (χ0) is 18.0. The Morgan fingerprint density at radius 1 is 1.40 bits per heavy atom. The van der Waals surface area contributed by atoms with Gasteiger partial charge in [-0.25, -0.2) is 18.4 Å². The first-order valence-corrected chi connectivity index (χ1v) is 10.1. The summed E-state index contributed by atoms with van der Waals surface area (Å²) in [5, 5.41) is 7.26. The summed E-state index contributed by atoms with van der Waals surface area (Å²) in [6.07, 6.45) is 6.84. The van der Waals surface area contributed by atoms with Crippen LogP contribution in [0.15, 0.2) is 24.7 Å². The van der Waals surface area contributed by atoms with E-state index in [0.717, 1.165) is 24.2 Å². The minimum atomic E-state index is -3.14. The molecule has 0 bridgehead atoms. The second kappa shape index (κ2) is 7.09. The largest absolute Gasteiger partial charge is 0.321 e. The van der Waals surface area contributed by atoms with Crippen LogP contribution in [0.4, 0.5) is 11.6 Å². The zero-order valence-electron chi connectivity index (χ0n) is 14.8. The van der Waals surface area contributed by atoms with Gasteiger partial charge in [-0.3, -0.25) is 4.68 Å². The maximum absolute atomic E-state index is 12.1. The summed E-state index contributed by atoms with van der Waals surface area (Å²) < 4.78 is 27.6. The Bertz CT molecular complexity index is 835. The molecule has 2 unspecified atom stereocenters. The zero-order valence-corrected chi connectivity index (χ0v) is 15.6. The molecule has 1 saturated heterocycles. The van der Waals surface area contributed by atoms with Gasteiger partial charge in [0.2, 0.25) is 16.0 Å². The fourth-order valence-electron chi connectivity index (χ4n) is 3.27. The third-order valence-electron chi connectivity index (χ3n) is 4.59. The van der Waals surface area contributed by atoms with Crippen molar-refractivity contribution in [2.45, 2.75) is 38.6 Å². The number of aromatic nitrogens is 4. The summed E-state index contributed by atoms with van der Waals surface area (Å²) in [6, 6.07) is 1.89. The number of rotatable bonds is 5. The molecule has 136 valence electrons. The van der Waals surface area contributed by atoms with E-state index in [0.29, 0.717) is 12.5 Å². The van der Waals surface area contributed by atoms with Crippen LogP contribution >= 0.6 is 0 Å². The molecule has 1 fully saturated rings. The lowest BCUT2D eigenvalue weighted by Crippen LogP contribution is -2.44. The highest BCUT2D eigenvalue weighted by molar-refractivity contribution is 7.89. The number of piperidine rings is 1. The monoisotopic (exact) mass is 364 g/mol. The van der Waals surface area contributed by atoms with Crippen molar-refractivity contribution in [3.05, 3.63) is 30.4 Å². The summed E-state index contributed by atoms with van der Waals surface area (Å²) in [4.78, 5) is 8.88. The Morgan fingerprint density at radius 2 is 2.20 bits per heavy atom. The molecule has 25 heavy (non-hydrogen) atoms. The van der Waals surface area contributed by atoms with Gasteiger partial charge in [0.25, 0.3) is 0 Å². The van der Waals surface area contributed by atoms with E-state index in [9.17, 15) is 8.42 Å². The molecule has 2 aromatic rings. The highest BCUT2D eigenvalue weighted by Gasteiger charge is 2.33. The average molecular weight is 364 g/mol. The summed E-state index contributed by atoms with van der Waals surface area (Å²) in [6.45, 7) is 4.20. The Labute approximate surface area is 148 Å². The molecule has 1 aliphatic rings. The third kappa shape index (κ3) is 3.98. The molecular formula is C16H24N6O2S. The molecule has 3 rings (SSSR count). The van der Waals surface area contributed by atoms with Gasteiger partial charge in [-0.05, 0) is 32.8 Å². The van der Waals surface area contributed by atoms with E-state index < -0.39 is 10.0 Å². The number of hydrogen-bond donors (Lipinski definition) is 1.